The topological polar surface area (TPSA) is 75.3 Å². The second-order valence-corrected chi connectivity index (χ2v) is 6.53. The fourth-order valence-electron chi connectivity index (χ4n) is 1.94. The van der Waals surface area contributed by atoms with Crippen LogP contribution >= 0.6 is 0 Å². The molecule has 0 unspecified atom stereocenters. The first kappa shape index (κ1) is 16.0. The molecule has 0 aliphatic carbocycles. The molecule has 6 heteroatoms. The zero-order chi connectivity index (χ0) is 16.0. The van der Waals surface area contributed by atoms with Crippen LogP contribution in [0.2, 0.25) is 0 Å². The molecule has 0 saturated heterocycles. The van der Waals surface area contributed by atoms with E-state index in [1.54, 1.807) is 48.5 Å². The molecule has 0 atom stereocenters. The number of sulfonamides is 1. The number of hydrogen-bond acceptors (Lipinski definition) is 3. The van der Waals surface area contributed by atoms with Crippen molar-refractivity contribution in [3.05, 3.63) is 60.2 Å². The summed E-state index contributed by atoms with van der Waals surface area (Å²) < 4.78 is 27.0. The van der Waals surface area contributed by atoms with Crippen molar-refractivity contribution in [2.45, 2.75) is 18.2 Å². The van der Waals surface area contributed by atoms with Crippen LogP contribution in [0.4, 0.5) is 5.69 Å². The molecule has 0 radical (unpaired) electrons. The van der Waals surface area contributed by atoms with Crippen LogP contribution in [0.1, 0.15) is 12.5 Å². The monoisotopic (exact) mass is 318 g/mol. The van der Waals surface area contributed by atoms with Gasteiger partial charge in [-0.3, -0.25) is 9.52 Å². The Kier molecular flexibility index (Phi) is 5.16. The van der Waals surface area contributed by atoms with Gasteiger partial charge in [0.15, 0.2) is 0 Å². The summed E-state index contributed by atoms with van der Waals surface area (Å²) in [5.41, 5.74) is 1.49. The van der Waals surface area contributed by atoms with Gasteiger partial charge in [0, 0.05) is 19.2 Å². The predicted molar refractivity (Wildman–Crippen MR) is 86.1 cm³/mol. The van der Waals surface area contributed by atoms with E-state index in [2.05, 4.69) is 10.0 Å². The third-order valence-corrected chi connectivity index (χ3v) is 4.44. The molecule has 0 heterocycles. The van der Waals surface area contributed by atoms with Gasteiger partial charge in [-0.2, -0.15) is 0 Å². The Morgan fingerprint density at radius 3 is 2.23 bits per heavy atom. The molecule has 0 spiro atoms. The van der Waals surface area contributed by atoms with Crippen molar-refractivity contribution in [2.75, 3.05) is 11.3 Å². The van der Waals surface area contributed by atoms with Crippen LogP contribution in [0.5, 0.6) is 0 Å². The highest BCUT2D eigenvalue weighted by Crippen LogP contribution is 2.16. The number of hydrogen-bond donors (Lipinski definition) is 2. The summed E-state index contributed by atoms with van der Waals surface area (Å²) in [6.45, 7) is 1.99. The van der Waals surface area contributed by atoms with E-state index < -0.39 is 10.0 Å². The molecule has 0 bridgehead atoms. The lowest BCUT2D eigenvalue weighted by Gasteiger charge is -2.09. The number of nitrogens with one attached hydrogen (secondary N) is 2. The summed E-state index contributed by atoms with van der Waals surface area (Å²) >= 11 is 0. The predicted octanol–water partition coefficient (Wildman–Crippen LogP) is 2.17. The van der Waals surface area contributed by atoms with Crippen LogP contribution < -0.4 is 10.0 Å². The number of carbonyl (C=O) groups excluding carboxylic acids is 1. The van der Waals surface area contributed by atoms with Gasteiger partial charge >= 0.3 is 0 Å². The fraction of sp³-hybridized carbons (Fsp3) is 0.188. The second-order valence-electron chi connectivity index (χ2n) is 4.85. The maximum absolute atomic E-state index is 12.2. The van der Waals surface area contributed by atoms with Gasteiger partial charge in [-0.05, 0) is 36.2 Å². The van der Waals surface area contributed by atoms with E-state index in [-0.39, 0.29) is 10.8 Å². The molecule has 5 nitrogen and oxygen atoms in total. The first-order chi connectivity index (χ1) is 10.5. The lowest BCUT2D eigenvalue weighted by atomic mass is 10.1. The van der Waals surface area contributed by atoms with Crippen molar-refractivity contribution in [3.8, 4) is 0 Å². The molecule has 1 amide bonds. The maximum atomic E-state index is 12.2. The Labute approximate surface area is 130 Å². The van der Waals surface area contributed by atoms with E-state index in [1.165, 1.54) is 6.92 Å². The SMILES string of the molecule is CC(=O)NCCc1ccc(S(=O)(=O)Nc2ccccc2)cc1. The van der Waals surface area contributed by atoms with Crippen molar-refractivity contribution in [2.24, 2.45) is 0 Å². The molecule has 116 valence electrons. The van der Waals surface area contributed by atoms with Crippen molar-refractivity contribution >= 4 is 21.6 Å². The third kappa shape index (κ3) is 4.60. The summed E-state index contributed by atoms with van der Waals surface area (Å²) in [7, 11) is -3.58. The highest BCUT2D eigenvalue weighted by molar-refractivity contribution is 7.92. The zero-order valence-electron chi connectivity index (χ0n) is 12.2. The largest absolute Gasteiger partial charge is 0.356 e. The smallest absolute Gasteiger partial charge is 0.261 e. The number of benzene rings is 2. The first-order valence-corrected chi connectivity index (χ1v) is 8.37. The molecular formula is C16H18N2O3S. The van der Waals surface area contributed by atoms with E-state index in [0.717, 1.165) is 5.56 Å². The molecule has 2 N–H and O–H groups in total. The lowest BCUT2D eigenvalue weighted by Crippen LogP contribution is -2.22. The number of amides is 1. The number of rotatable bonds is 6. The van der Waals surface area contributed by atoms with E-state index in [0.29, 0.717) is 18.7 Å². The van der Waals surface area contributed by atoms with Crippen LogP contribution in [0.25, 0.3) is 0 Å². The van der Waals surface area contributed by atoms with E-state index in [4.69, 9.17) is 0 Å². The molecule has 2 aromatic rings. The molecular weight excluding hydrogens is 300 g/mol. The van der Waals surface area contributed by atoms with Crippen LogP contribution in [-0.4, -0.2) is 20.9 Å². The minimum atomic E-state index is -3.58. The average molecular weight is 318 g/mol. The summed E-state index contributed by atoms with van der Waals surface area (Å²) in [6.07, 6.45) is 0.659. The third-order valence-electron chi connectivity index (χ3n) is 3.05. The van der Waals surface area contributed by atoms with Gasteiger partial charge in [0.1, 0.15) is 0 Å². The van der Waals surface area contributed by atoms with Crippen LogP contribution in [0.3, 0.4) is 0 Å². The fourth-order valence-corrected chi connectivity index (χ4v) is 3.00. The first-order valence-electron chi connectivity index (χ1n) is 6.88. The van der Waals surface area contributed by atoms with Gasteiger partial charge in [-0.25, -0.2) is 8.42 Å². The van der Waals surface area contributed by atoms with E-state index >= 15 is 0 Å². The van der Waals surface area contributed by atoms with Crippen molar-refractivity contribution in [1.82, 2.24) is 5.32 Å². The van der Waals surface area contributed by atoms with Gasteiger partial charge in [0.25, 0.3) is 10.0 Å². The van der Waals surface area contributed by atoms with Gasteiger partial charge in [0.05, 0.1) is 4.90 Å². The van der Waals surface area contributed by atoms with Crippen molar-refractivity contribution in [3.63, 3.8) is 0 Å². The molecule has 0 saturated carbocycles. The Bertz CT molecular complexity index is 726. The molecule has 0 aliphatic heterocycles. The summed E-state index contributed by atoms with van der Waals surface area (Å²) in [4.78, 5) is 11.0. The average Bonchev–Trinajstić information content (AvgIpc) is 2.48. The summed E-state index contributed by atoms with van der Waals surface area (Å²) in [5.74, 6) is -0.0775. The Morgan fingerprint density at radius 1 is 1.00 bits per heavy atom. The highest BCUT2D eigenvalue weighted by atomic mass is 32.2. The summed E-state index contributed by atoms with van der Waals surface area (Å²) in [6, 6.07) is 15.4. The van der Waals surface area contributed by atoms with Crippen molar-refractivity contribution in [1.29, 1.82) is 0 Å². The van der Waals surface area contributed by atoms with Gasteiger partial charge in [-0.1, -0.05) is 30.3 Å². The molecule has 2 rings (SSSR count). The van der Waals surface area contributed by atoms with Gasteiger partial charge in [-0.15, -0.1) is 0 Å². The number of carbonyl (C=O) groups is 1. The molecule has 2 aromatic carbocycles. The van der Waals surface area contributed by atoms with Crippen LogP contribution in [0, 0.1) is 0 Å². The highest BCUT2D eigenvalue weighted by Gasteiger charge is 2.13. The minimum Gasteiger partial charge on any atom is -0.356 e. The Hall–Kier alpha value is -2.34. The van der Waals surface area contributed by atoms with Crippen LogP contribution in [0.15, 0.2) is 59.5 Å². The normalized spacial score (nSPS) is 11.0. The van der Waals surface area contributed by atoms with Crippen molar-refractivity contribution < 1.29 is 13.2 Å². The van der Waals surface area contributed by atoms with Gasteiger partial charge in [0.2, 0.25) is 5.91 Å². The van der Waals surface area contributed by atoms with Gasteiger partial charge < -0.3 is 5.32 Å². The number of anilines is 1. The quantitative estimate of drug-likeness (QED) is 0.857. The van der Waals surface area contributed by atoms with E-state index in [1.807, 2.05) is 6.07 Å². The number of para-hydroxylation sites is 1. The maximum Gasteiger partial charge on any atom is 0.261 e. The standard InChI is InChI=1S/C16H18N2O3S/c1-13(19)17-12-11-14-7-9-16(10-8-14)22(20,21)18-15-5-3-2-4-6-15/h2-10,18H,11-12H2,1H3,(H,17,19). The van der Waals surface area contributed by atoms with E-state index in [9.17, 15) is 13.2 Å². The Morgan fingerprint density at radius 2 is 1.64 bits per heavy atom. The molecule has 22 heavy (non-hydrogen) atoms. The van der Waals surface area contributed by atoms with Crippen LogP contribution in [-0.2, 0) is 21.2 Å². The summed E-state index contributed by atoms with van der Waals surface area (Å²) in [5, 5.41) is 2.70. The molecule has 0 aliphatic rings. The lowest BCUT2D eigenvalue weighted by molar-refractivity contribution is -0.118. The molecule has 0 fully saturated rings. The second kappa shape index (κ2) is 7.09. The zero-order valence-corrected chi connectivity index (χ0v) is 13.1. The Balaban J connectivity index is 2.04. The molecule has 0 aromatic heterocycles. The minimum absolute atomic E-state index is 0.0775.